The largest absolute Gasteiger partial charge is 0.511 e. The SMILES string of the molecule is O=C1CCCC(O)=C1C(CCc1noc2c1C(=O)CCC2)=Nc1ccc(Br)cc1. The van der Waals surface area contributed by atoms with E-state index < -0.39 is 0 Å². The maximum absolute atomic E-state index is 12.5. The molecule has 0 fully saturated rings. The average molecular weight is 457 g/mol. The van der Waals surface area contributed by atoms with Gasteiger partial charge in [-0.25, -0.2) is 0 Å². The van der Waals surface area contributed by atoms with Gasteiger partial charge in [-0.15, -0.1) is 0 Å². The molecule has 6 nitrogen and oxygen atoms in total. The van der Waals surface area contributed by atoms with Gasteiger partial charge in [0.15, 0.2) is 11.6 Å². The summed E-state index contributed by atoms with van der Waals surface area (Å²) in [5.41, 5.74) is 2.72. The number of fused-ring (bicyclic) bond motifs is 1. The van der Waals surface area contributed by atoms with Crippen molar-refractivity contribution in [3.63, 3.8) is 0 Å². The predicted molar refractivity (Wildman–Crippen MR) is 112 cm³/mol. The van der Waals surface area contributed by atoms with E-state index in [0.717, 1.165) is 17.3 Å². The summed E-state index contributed by atoms with van der Waals surface area (Å²) in [5, 5.41) is 14.5. The Morgan fingerprint density at radius 2 is 1.79 bits per heavy atom. The van der Waals surface area contributed by atoms with Crippen molar-refractivity contribution in [2.45, 2.75) is 51.4 Å². The van der Waals surface area contributed by atoms with Crippen LogP contribution in [0.4, 0.5) is 5.69 Å². The van der Waals surface area contributed by atoms with Gasteiger partial charge < -0.3 is 9.63 Å². The third-order valence-electron chi connectivity index (χ3n) is 5.28. The number of aliphatic hydroxyl groups is 1. The van der Waals surface area contributed by atoms with Gasteiger partial charge >= 0.3 is 0 Å². The summed E-state index contributed by atoms with van der Waals surface area (Å²) in [6.45, 7) is 0. The molecule has 1 N–H and O–H groups in total. The van der Waals surface area contributed by atoms with Crippen molar-refractivity contribution >= 4 is 38.9 Å². The Hall–Kier alpha value is -2.54. The molecule has 0 atom stereocenters. The quantitative estimate of drug-likeness (QED) is 0.621. The van der Waals surface area contributed by atoms with Crippen LogP contribution in [0.3, 0.4) is 0 Å². The lowest BCUT2D eigenvalue weighted by Crippen LogP contribution is -2.20. The number of aryl methyl sites for hydroxylation is 2. The van der Waals surface area contributed by atoms with E-state index in [1.165, 1.54) is 0 Å². The summed E-state index contributed by atoms with van der Waals surface area (Å²) in [6.07, 6.45) is 4.33. The van der Waals surface area contributed by atoms with E-state index in [2.05, 4.69) is 26.1 Å². The van der Waals surface area contributed by atoms with Crippen LogP contribution in [0.15, 0.2) is 49.6 Å². The molecule has 2 aromatic rings. The molecule has 2 aliphatic rings. The molecule has 29 heavy (non-hydrogen) atoms. The molecule has 1 aromatic heterocycles. The lowest BCUT2D eigenvalue weighted by molar-refractivity contribution is -0.115. The second kappa shape index (κ2) is 8.45. The minimum absolute atomic E-state index is 0.0599. The first-order chi connectivity index (χ1) is 14.0. The zero-order valence-electron chi connectivity index (χ0n) is 15.9. The van der Waals surface area contributed by atoms with Crippen molar-refractivity contribution in [1.29, 1.82) is 0 Å². The van der Waals surface area contributed by atoms with E-state index in [1.54, 1.807) is 0 Å². The minimum atomic E-state index is -0.0946. The number of hydrogen-bond donors (Lipinski definition) is 1. The normalized spacial score (nSPS) is 17.6. The summed E-state index contributed by atoms with van der Waals surface area (Å²) in [5.74, 6) is 0.710. The molecule has 7 heteroatoms. The standard InChI is InChI=1S/C22H21BrN2O4/c23-13-7-9-14(10-8-13)24-15(21-17(26)3-1-4-18(21)27)11-12-16-22-19(28)5-2-6-20(22)29-25-16/h7-10,26H,1-6,11-12H2. The molecule has 150 valence electrons. The molecule has 0 bridgehead atoms. The molecule has 1 heterocycles. The second-order valence-electron chi connectivity index (χ2n) is 7.34. The topological polar surface area (TPSA) is 92.8 Å². The molecule has 0 amide bonds. The van der Waals surface area contributed by atoms with Gasteiger partial charge in [-0.2, -0.15) is 0 Å². The Kier molecular flexibility index (Phi) is 5.76. The van der Waals surface area contributed by atoms with Crippen molar-refractivity contribution < 1.29 is 19.2 Å². The first-order valence-electron chi connectivity index (χ1n) is 9.82. The smallest absolute Gasteiger partial charge is 0.168 e. The number of aliphatic hydroxyl groups excluding tert-OH is 1. The van der Waals surface area contributed by atoms with Gasteiger partial charge in [-0.1, -0.05) is 21.1 Å². The third kappa shape index (κ3) is 4.24. The number of nitrogens with zero attached hydrogens (tertiary/aromatic N) is 2. The van der Waals surface area contributed by atoms with E-state index in [-0.39, 0.29) is 17.3 Å². The molecule has 2 aliphatic carbocycles. The Labute approximate surface area is 176 Å². The fourth-order valence-corrected chi connectivity index (χ4v) is 4.12. The highest BCUT2D eigenvalue weighted by molar-refractivity contribution is 9.10. The van der Waals surface area contributed by atoms with Gasteiger partial charge in [-0.05, 0) is 49.9 Å². The number of halogens is 1. The maximum Gasteiger partial charge on any atom is 0.168 e. The van der Waals surface area contributed by atoms with E-state index in [4.69, 9.17) is 4.52 Å². The number of carbonyl (C=O) groups is 2. The number of benzene rings is 1. The number of allylic oxidation sites excluding steroid dienone is 2. The van der Waals surface area contributed by atoms with E-state index in [9.17, 15) is 14.7 Å². The number of carbonyl (C=O) groups excluding carboxylic acids is 2. The lowest BCUT2D eigenvalue weighted by atomic mass is 9.89. The van der Waals surface area contributed by atoms with E-state index >= 15 is 0 Å². The predicted octanol–water partition coefficient (Wildman–Crippen LogP) is 5.23. The highest BCUT2D eigenvalue weighted by Crippen LogP contribution is 2.28. The molecule has 0 spiro atoms. The molecule has 0 saturated heterocycles. The van der Waals surface area contributed by atoms with E-state index in [0.29, 0.717) is 72.5 Å². The van der Waals surface area contributed by atoms with Crippen LogP contribution >= 0.6 is 15.9 Å². The van der Waals surface area contributed by atoms with Crippen LogP contribution in [0.25, 0.3) is 0 Å². The second-order valence-corrected chi connectivity index (χ2v) is 8.25. The van der Waals surface area contributed by atoms with Gasteiger partial charge in [-0.3, -0.25) is 14.6 Å². The van der Waals surface area contributed by atoms with Crippen molar-refractivity contribution in [1.82, 2.24) is 5.16 Å². The molecule has 1 aromatic carbocycles. The molecule has 4 rings (SSSR count). The monoisotopic (exact) mass is 456 g/mol. The van der Waals surface area contributed by atoms with Crippen LogP contribution in [-0.2, 0) is 17.6 Å². The maximum atomic E-state index is 12.5. The summed E-state index contributed by atoms with van der Waals surface area (Å²) < 4.78 is 6.30. The van der Waals surface area contributed by atoms with Gasteiger partial charge in [0, 0.05) is 30.2 Å². The first-order valence-corrected chi connectivity index (χ1v) is 10.6. The van der Waals surface area contributed by atoms with Crippen molar-refractivity contribution in [2.75, 3.05) is 0 Å². The molecule has 0 aliphatic heterocycles. The molecular formula is C22H21BrN2O4. The van der Waals surface area contributed by atoms with Crippen LogP contribution in [-0.4, -0.2) is 27.5 Å². The molecular weight excluding hydrogens is 436 g/mol. The number of aromatic nitrogens is 1. The zero-order valence-corrected chi connectivity index (χ0v) is 17.5. The summed E-state index contributed by atoms with van der Waals surface area (Å²) in [7, 11) is 0. The van der Waals surface area contributed by atoms with Crippen LogP contribution in [0.2, 0.25) is 0 Å². The van der Waals surface area contributed by atoms with Gasteiger partial charge in [0.2, 0.25) is 0 Å². The average Bonchev–Trinajstić information content (AvgIpc) is 3.12. The number of ketones is 2. The Morgan fingerprint density at radius 1 is 1.07 bits per heavy atom. The van der Waals surface area contributed by atoms with Crippen LogP contribution < -0.4 is 0 Å². The van der Waals surface area contributed by atoms with Crippen molar-refractivity contribution in [3.8, 4) is 0 Å². The summed E-state index contributed by atoms with van der Waals surface area (Å²) in [4.78, 5) is 29.5. The fraction of sp³-hybridized carbons (Fsp3) is 0.364. The van der Waals surface area contributed by atoms with Crippen LogP contribution in [0.5, 0.6) is 0 Å². The Morgan fingerprint density at radius 3 is 2.55 bits per heavy atom. The number of Topliss-reactive ketones (excluding diaryl/α,β-unsaturated/α-hetero) is 2. The first kappa shape index (κ1) is 19.8. The summed E-state index contributed by atoms with van der Waals surface area (Å²) >= 11 is 3.40. The third-order valence-corrected chi connectivity index (χ3v) is 5.81. The van der Waals surface area contributed by atoms with Crippen molar-refractivity contribution in [3.05, 3.63) is 57.1 Å². The molecule has 0 radical (unpaired) electrons. The lowest BCUT2D eigenvalue weighted by Gasteiger charge is -2.17. The van der Waals surface area contributed by atoms with Crippen LogP contribution in [0, 0.1) is 0 Å². The highest BCUT2D eigenvalue weighted by atomic mass is 79.9. The van der Waals surface area contributed by atoms with E-state index in [1.807, 2.05) is 24.3 Å². The number of rotatable bonds is 5. The number of hydrogen-bond acceptors (Lipinski definition) is 6. The highest BCUT2D eigenvalue weighted by Gasteiger charge is 2.28. The number of aliphatic imine (C=N–C) groups is 1. The van der Waals surface area contributed by atoms with Gasteiger partial charge in [0.1, 0.15) is 11.5 Å². The van der Waals surface area contributed by atoms with Gasteiger partial charge in [0.25, 0.3) is 0 Å². The van der Waals surface area contributed by atoms with Crippen molar-refractivity contribution in [2.24, 2.45) is 4.99 Å². The van der Waals surface area contributed by atoms with Crippen LogP contribution in [0.1, 0.15) is 60.3 Å². The Balaban J connectivity index is 1.66. The molecule has 0 unspecified atom stereocenters. The van der Waals surface area contributed by atoms with Gasteiger partial charge in [0.05, 0.1) is 28.2 Å². The molecule has 0 saturated carbocycles. The minimum Gasteiger partial charge on any atom is -0.511 e. The summed E-state index contributed by atoms with van der Waals surface area (Å²) in [6, 6.07) is 7.44. The Bertz CT molecular complexity index is 1020. The zero-order chi connectivity index (χ0) is 20.4. The fourth-order valence-electron chi connectivity index (χ4n) is 3.85.